The number of nitrogens with one attached hydrogen (secondary N) is 2. The van der Waals surface area contributed by atoms with Gasteiger partial charge in [0.1, 0.15) is 0 Å². The summed E-state index contributed by atoms with van der Waals surface area (Å²) in [5, 5.41) is 6.80. The quantitative estimate of drug-likeness (QED) is 0.417. The Bertz CT molecular complexity index is 466. The van der Waals surface area contributed by atoms with Crippen LogP contribution in [-0.2, 0) is 10.2 Å². The van der Waals surface area contributed by atoms with Gasteiger partial charge in [0.15, 0.2) is 5.96 Å². The predicted molar refractivity (Wildman–Crippen MR) is 99.3 cm³/mol. The summed E-state index contributed by atoms with van der Waals surface area (Å²) in [6, 6.07) is 8.76. The summed E-state index contributed by atoms with van der Waals surface area (Å²) >= 11 is 0. The third-order valence-corrected chi connectivity index (χ3v) is 3.97. The molecule has 4 nitrogen and oxygen atoms in total. The highest BCUT2D eigenvalue weighted by Crippen LogP contribution is 2.22. The Hall–Kier alpha value is -1.55. The van der Waals surface area contributed by atoms with E-state index in [9.17, 15) is 0 Å². The molecule has 23 heavy (non-hydrogen) atoms. The van der Waals surface area contributed by atoms with Gasteiger partial charge in [0.05, 0.1) is 0 Å². The van der Waals surface area contributed by atoms with Crippen molar-refractivity contribution in [2.45, 2.75) is 46.0 Å². The number of ether oxygens (including phenoxy) is 1. The monoisotopic (exact) mass is 319 g/mol. The highest BCUT2D eigenvalue weighted by molar-refractivity contribution is 5.79. The van der Waals surface area contributed by atoms with Gasteiger partial charge < -0.3 is 15.4 Å². The van der Waals surface area contributed by atoms with Gasteiger partial charge in [0.25, 0.3) is 0 Å². The Kier molecular flexibility index (Phi) is 8.70. The average molecular weight is 319 g/mol. The second kappa shape index (κ2) is 10.3. The minimum absolute atomic E-state index is 0.0558. The molecule has 2 N–H and O–H groups in total. The third kappa shape index (κ3) is 7.51. The van der Waals surface area contributed by atoms with Crippen LogP contribution in [0.2, 0.25) is 0 Å². The van der Waals surface area contributed by atoms with Crippen LogP contribution >= 0.6 is 0 Å². The van der Waals surface area contributed by atoms with Crippen molar-refractivity contribution in [1.82, 2.24) is 10.6 Å². The van der Waals surface area contributed by atoms with Crippen molar-refractivity contribution in [2.75, 3.05) is 33.4 Å². The number of hydrogen-bond acceptors (Lipinski definition) is 2. The van der Waals surface area contributed by atoms with Gasteiger partial charge in [-0.15, -0.1) is 0 Å². The van der Waals surface area contributed by atoms with Gasteiger partial charge in [-0.3, -0.25) is 4.99 Å². The molecular formula is C19H33N3O. The maximum Gasteiger partial charge on any atom is 0.191 e. The summed E-state index contributed by atoms with van der Waals surface area (Å²) in [6.45, 7) is 12.0. The number of benzene rings is 1. The lowest BCUT2D eigenvalue weighted by atomic mass is 9.84. The molecule has 0 aliphatic rings. The first-order valence-corrected chi connectivity index (χ1v) is 8.59. The second-order valence-electron chi connectivity index (χ2n) is 6.51. The average Bonchev–Trinajstić information content (AvgIpc) is 2.54. The van der Waals surface area contributed by atoms with E-state index < -0.39 is 0 Å². The first-order chi connectivity index (χ1) is 11.0. The number of aliphatic imine (C=N–C) groups is 1. The molecule has 1 aromatic carbocycles. The maximum absolute atomic E-state index is 5.34. The molecule has 1 aromatic rings. The van der Waals surface area contributed by atoms with Crippen LogP contribution in [-0.4, -0.2) is 39.3 Å². The van der Waals surface area contributed by atoms with Gasteiger partial charge in [-0.2, -0.15) is 0 Å². The second-order valence-corrected chi connectivity index (χ2v) is 6.51. The predicted octanol–water partition coefficient (Wildman–Crippen LogP) is 3.25. The number of unbranched alkanes of at least 4 members (excludes halogenated alkanes) is 1. The van der Waals surface area contributed by atoms with E-state index in [1.165, 1.54) is 11.1 Å². The van der Waals surface area contributed by atoms with Crippen molar-refractivity contribution in [2.24, 2.45) is 4.99 Å². The first kappa shape index (κ1) is 19.5. The van der Waals surface area contributed by atoms with E-state index in [4.69, 9.17) is 4.74 Å². The highest BCUT2D eigenvalue weighted by atomic mass is 16.5. The van der Waals surface area contributed by atoms with Crippen LogP contribution in [0, 0.1) is 6.92 Å². The van der Waals surface area contributed by atoms with Crippen molar-refractivity contribution in [3.63, 3.8) is 0 Å². The topological polar surface area (TPSA) is 45.6 Å². The summed E-state index contributed by atoms with van der Waals surface area (Å²) in [6.07, 6.45) is 2.16. The molecule has 0 bridgehead atoms. The smallest absolute Gasteiger partial charge is 0.191 e. The molecule has 0 saturated heterocycles. The summed E-state index contributed by atoms with van der Waals surface area (Å²) < 4.78 is 5.34. The third-order valence-electron chi connectivity index (χ3n) is 3.97. The Balaban J connectivity index is 2.37. The summed E-state index contributed by atoms with van der Waals surface area (Å²) in [5.41, 5.74) is 2.69. The van der Waals surface area contributed by atoms with Gasteiger partial charge in [0.2, 0.25) is 0 Å². The van der Waals surface area contributed by atoms with Crippen molar-refractivity contribution >= 4 is 5.96 Å². The van der Waals surface area contributed by atoms with Gasteiger partial charge >= 0.3 is 0 Å². The van der Waals surface area contributed by atoms with Crippen molar-refractivity contribution in [3.8, 4) is 0 Å². The van der Waals surface area contributed by atoms with Crippen LogP contribution < -0.4 is 10.6 Å². The summed E-state index contributed by atoms with van der Waals surface area (Å²) in [5.74, 6) is 0.863. The zero-order valence-corrected chi connectivity index (χ0v) is 15.4. The van der Waals surface area contributed by atoms with Crippen LogP contribution in [0.4, 0.5) is 0 Å². The molecule has 0 aliphatic carbocycles. The Labute approximate surface area is 141 Å². The molecule has 0 atom stereocenters. The van der Waals surface area contributed by atoms with Crippen LogP contribution in [0.1, 0.15) is 44.7 Å². The summed E-state index contributed by atoms with van der Waals surface area (Å²) in [4.78, 5) is 4.30. The lowest BCUT2D eigenvalue weighted by Crippen LogP contribution is -2.43. The molecule has 0 spiro atoms. The van der Waals surface area contributed by atoms with E-state index in [0.717, 1.165) is 45.1 Å². The Morgan fingerprint density at radius 2 is 1.83 bits per heavy atom. The molecule has 0 aromatic heterocycles. The Morgan fingerprint density at radius 1 is 1.13 bits per heavy atom. The number of hydrogen-bond donors (Lipinski definition) is 2. The number of nitrogens with zero attached hydrogens (tertiary/aromatic N) is 1. The molecule has 130 valence electrons. The molecule has 0 amide bonds. The van der Waals surface area contributed by atoms with E-state index >= 15 is 0 Å². The van der Waals surface area contributed by atoms with Crippen LogP contribution in [0.3, 0.4) is 0 Å². The van der Waals surface area contributed by atoms with Gasteiger partial charge in [-0.25, -0.2) is 0 Å². The number of guanidine groups is 1. The zero-order valence-electron chi connectivity index (χ0n) is 15.4. The largest absolute Gasteiger partial charge is 0.382 e. The first-order valence-electron chi connectivity index (χ1n) is 8.59. The number of rotatable bonds is 9. The molecule has 0 radical (unpaired) electrons. The van der Waals surface area contributed by atoms with E-state index in [0.29, 0.717) is 0 Å². The SMILES string of the molecule is CCOCCCCNC(=NC)NCC(C)(C)c1ccc(C)cc1. The molecule has 4 heteroatoms. The maximum atomic E-state index is 5.34. The van der Waals surface area contributed by atoms with Crippen LogP contribution in [0.15, 0.2) is 29.3 Å². The highest BCUT2D eigenvalue weighted by Gasteiger charge is 2.20. The van der Waals surface area contributed by atoms with Crippen molar-refractivity contribution in [3.05, 3.63) is 35.4 Å². The molecule has 0 fully saturated rings. The fraction of sp³-hybridized carbons (Fsp3) is 0.632. The van der Waals surface area contributed by atoms with Crippen LogP contribution in [0.5, 0.6) is 0 Å². The fourth-order valence-electron chi connectivity index (χ4n) is 2.31. The lowest BCUT2D eigenvalue weighted by molar-refractivity contribution is 0.143. The molecule has 0 aliphatic heterocycles. The molecule has 0 saturated carbocycles. The Morgan fingerprint density at radius 3 is 2.43 bits per heavy atom. The van der Waals surface area contributed by atoms with E-state index in [-0.39, 0.29) is 5.41 Å². The molecule has 0 heterocycles. The molecule has 1 rings (SSSR count). The van der Waals surface area contributed by atoms with Gasteiger partial charge in [-0.05, 0) is 32.3 Å². The molecular weight excluding hydrogens is 286 g/mol. The summed E-state index contributed by atoms with van der Waals surface area (Å²) in [7, 11) is 1.81. The minimum Gasteiger partial charge on any atom is -0.382 e. The van der Waals surface area contributed by atoms with Gasteiger partial charge in [-0.1, -0.05) is 43.7 Å². The standard InChI is InChI=1S/C19H33N3O/c1-6-23-14-8-7-13-21-18(20-5)22-15-19(3,4)17-11-9-16(2)10-12-17/h9-12H,6-8,13-15H2,1-5H3,(H2,20,21,22). The van der Waals surface area contributed by atoms with Gasteiger partial charge in [0, 0.05) is 38.8 Å². The van der Waals surface area contributed by atoms with E-state index in [1.807, 2.05) is 14.0 Å². The van der Waals surface area contributed by atoms with Crippen molar-refractivity contribution in [1.29, 1.82) is 0 Å². The van der Waals surface area contributed by atoms with E-state index in [1.54, 1.807) is 0 Å². The van der Waals surface area contributed by atoms with E-state index in [2.05, 4.69) is 60.7 Å². The fourth-order valence-corrected chi connectivity index (χ4v) is 2.31. The normalized spacial score (nSPS) is 12.3. The molecule has 0 unspecified atom stereocenters. The zero-order chi connectivity index (χ0) is 17.1. The van der Waals surface area contributed by atoms with Crippen molar-refractivity contribution < 1.29 is 4.74 Å². The number of aryl methyl sites for hydroxylation is 1. The van der Waals surface area contributed by atoms with Crippen LogP contribution in [0.25, 0.3) is 0 Å². The minimum atomic E-state index is 0.0558. The lowest BCUT2D eigenvalue weighted by Gasteiger charge is -2.27.